The number of furan rings is 1. The van der Waals surface area contributed by atoms with Crippen LogP contribution < -0.4 is 26.2 Å². The van der Waals surface area contributed by atoms with Gasteiger partial charge in [0, 0.05) is 50.2 Å². The van der Waals surface area contributed by atoms with Crippen LogP contribution in [0.25, 0.3) is 43.8 Å². The molecule has 0 bridgehead atoms. The van der Waals surface area contributed by atoms with Crippen LogP contribution >= 0.6 is 0 Å². The molecule has 3 heterocycles. The molecule has 0 N–H and O–H groups in total. The molecule has 2 aliphatic rings. The first-order chi connectivity index (χ1) is 29.6. The van der Waals surface area contributed by atoms with Gasteiger partial charge in [-0.15, -0.1) is 0 Å². The Bertz CT molecular complexity index is 3260. The first-order valence-electron chi connectivity index (χ1n) is 22.2. The molecule has 0 fully saturated rings. The Morgan fingerprint density at radius 1 is 0.419 bits per heavy atom. The molecule has 9 aromatic rings. The maximum atomic E-state index is 6.52. The van der Waals surface area contributed by atoms with Crippen LogP contribution in [0.4, 0.5) is 34.1 Å². The van der Waals surface area contributed by atoms with Gasteiger partial charge in [0.2, 0.25) is 0 Å². The molecule has 0 atom stereocenters. The van der Waals surface area contributed by atoms with Crippen molar-refractivity contribution in [3.8, 4) is 11.1 Å². The van der Waals surface area contributed by atoms with Gasteiger partial charge in [0.05, 0.1) is 5.69 Å². The largest absolute Gasteiger partial charge is 0.455 e. The van der Waals surface area contributed by atoms with Crippen LogP contribution in [0.15, 0.2) is 162 Å². The second-order valence-corrected chi connectivity index (χ2v) is 20.7. The number of fused-ring (bicyclic) bond motifs is 8. The lowest BCUT2D eigenvalue weighted by Crippen LogP contribution is -2.61. The van der Waals surface area contributed by atoms with Gasteiger partial charge in [-0.1, -0.05) is 172 Å². The highest BCUT2D eigenvalue weighted by Crippen LogP contribution is 2.48. The summed E-state index contributed by atoms with van der Waals surface area (Å²) in [5.41, 5.74) is 19.2. The molecule has 1 aromatic heterocycles. The van der Waals surface area contributed by atoms with E-state index in [1.54, 1.807) is 0 Å². The fraction of sp³-hybridized carbons (Fsp3) is 0.207. The molecular formula is C58H53BN2O. The summed E-state index contributed by atoms with van der Waals surface area (Å²) in [6.07, 6.45) is 0. The Morgan fingerprint density at radius 2 is 0.968 bits per heavy atom. The number of hydrogen-bond acceptors (Lipinski definition) is 3. The van der Waals surface area contributed by atoms with Gasteiger partial charge in [-0.25, -0.2) is 0 Å². The van der Waals surface area contributed by atoms with Crippen molar-refractivity contribution in [1.82, 2.24) is 0 Å². The van der Waals surface area contributed by atoms with Crippen molar-refractivity contribution in [1.29, 1.82) is 0 Å². The summed E-state index contributed by atoms with van der Waals surface area (Å²) in [6.45, 7) is 21.1. The highest BCUT2D eigenvalue weighted by atomic mass is 16.3. The van der Waals surface area contributed by atoms with Crippen LogP contribution in [-0.4, -0.2) is 6.71 Å². The smallest absolute Gasteiger partial charge is 0.252 e. The Morgan fingerprint density at radius 3 is 1.63 bits per heavy atom. The maximum Gasteiger partial charge on any atom is 0.252 e. The second-order valence-electron chi connectivity index (χ2n) is 20.7. The summed E-state index contributed by atoms with van der Waals surface area (Å²) in [5.74, 6) is 0. The van der Waals surface area contributed by atoms with Crippen molar-refractivity contribution in [2.45, 2.75) is 78.6 Å². The normalized spacial score (nSPS) is 13.8. The van der Waals surface area contributed by atoms with Crippen molar-refractivity contribution in [3.63, 3.8) is 0 Å². The number of benzene rings is 8. The number of hydrogen-bond donors (Lipinski definition) is 0. The molecule has 2 aliphatic heterocycles. The zero-order valence-corrected chi connectivity index (χ0v) is 37.4. The summed E-state index contributed by atoms with van der Waals surface area (Å²) < 4.78 is 6.52. The van der Waals surface area contributed by atoms with Gasteiger partial charge >= 0.3 is 0 Å². The summed E-state index contributed by atoms with van der Waals surface area (Å²) in [6, 6.07) is 59.2. The van der Waals surface area contributed by atoms with Crippen LogP contribution in [0.2, 0.25) is 0 Å². The van der Waals surface area contributed by atoms with Crippen LogP contribution in [-0.2, 0) is 16.2 Å². The Kier molecular flexibility index (Phi) is 8.36. The standard InChI is InChI=1S/C58H53BN2O/c1-56(2,3)38-26-30-49-46(32-38)59-47-33-39(57(4,5)6)27-31-50(47)61(48-22-14-17-36-16-10-11-18-42(36)48)52-35-40(58(7,8)9)34-51(54(52)59)60(49)41-28-24-37(25-29-41)43-20-15-21-45-44-19-12-13-23-53(44)62-55(43)45/h10-35H,1-9H3. The van der Waals surface area contributed by atoms with Crippen molar-refractivity contribution < 1.29 is 4.42 Å². The van der Waals surface area contributed by atoms with E-state index in [0.29, 0.717) is 0 Å². The summed E-state index contributed by atoms with van der Waals surface area (Å²) >= 11 is 0. The second kappa shape index (κ2) is 13.5. The minimum Gasteiger partial charge on any atom is -0.455 e. The number of rotatable bonds is 3. The molecule has 4 heteroatoms. The predicted molar refractivity (Wildman–Crippen MR) is 267 cm³/mol. The van der Waals surface area contributed by atoms with Gasteiger partial charge in [0.25, 0.3) is 6.71 Å². The van der Waals surface area contributed by atoms with Crippen molar-refractivity contribution >= 4 is 89.9 Å². The SMILES string of the molecule is CC(C)(C)c1ccc2c(c1)B1c3cc(C(C)(C)C)ccc3N(c3cccc4ccccc34)c3cc(C(C)(C)C)cc(c31)N2c1ccc(-c2cccc3c2oc2ccccc23)cc1. The molecule has 8 aromatic carbocycles. The topological polar surface area (TPSA) is 19.6 Å². The Labute approximate surface area is 366 Å². The van der Waals surface area contributed by atoms with E-state index in [2.05, 4.69) is 224 Å². The maximum absolute atomic E-state index is 6.52. The molecule has 0 saturated carbocycles. The van der Waals surface area contributed by atoms with E-state index in [1.807, 2.05) is 6.07 Å². The third kappa shape index (κ3) is 5.94. The summed E-state index contributed by atoms with van der Waals surface area (Å²) in [5, 5.41) is 4.77. The van der Waals surface area contributed by atoms with E-state index < -0.39 is 0 Å². The molecule has 3 nitrogen and oxygen atoms in total. The fourth-order valence-corrected chi connectivity index (χ4v) is 10.1. The Balaban J connectivity index is 1.20. The van der Waals surface area contributed by atoms with Crippen molar-refractivity contribution in [2.75, 3.05) is 9.80 Å². The van der Waals surface area contributed by atoms with Gasteiger partial charge in [0.15, 0.2) is 0 Å². The summed E-state index contributed by atoms with van der Waals surface area (Å²) in [7, 11) is 0. The average molecular weight is 805 g/mol. The van der Waals surface area contributed by atoms with Gasteiger partial charge in [-0.2, -0.15) is 0 Å². The number of anilines is 6. The predicted octanol–water partition coefficient (Wildman–Crippen LogP) is 14.4. The van der Waals surface area contributed by atoms with Gasteiger partial charge in [-0.3, -0.25) is 0 Å². The quantitative estimate of drug-likeness (QED) is 0.166. The van der Waals surface area contributed by atoms with E-state index in [-0.39, 0.29) is 23.0 Å². The average Bonchev–Trinajstić information content (AvgIpc) is 3.64. The van der Waals surface area contributed by atoms with E-state index in [9.17, 15) is 0 Å². The molecule has 0 radical (unpaired) electrons. The van der Waals surface area contributed by atoms with E-state index in [0.717, 1.165) is 38.8 Å². The van der Waals surface area contributed by atoms with E-state index >= 15 is 0 Å². The zero-order chi connectivity index (χ0) is 42.9. The van der Waals surface area contributed by atoms with Gasteiger partial charge in [-0.05, 0) is 109 Å². The molecule has 11 rings (SSSR count). The molecule has 0 saturated heterocycles. The van der Waals surface area contributed by atoms with Crippen LogP contribution in [0.1, 0.15) is 79.0 Å². The molecule has 304 valence electrons. The first kappa shape index (κ1) is 38.4. The lowest BCUT2D eigenvalue weighted by molar-refractivity contribution is 0.590. The van der Waals surface area contributed by atoms with E-state index in [1.165, 1.54) is 72.3 Å². The van der Waals surface area contributed by atoms with Gasteiger partial charge < -0.3 is 14.2 Å². The molecule has 0 aliphatic carbocycles. The molecular weight excluding hydrogens is 751 g/mol. The van der Waals surface area contributed by atoms with E-state index in [4.69, 9.17) is 4.42 Å². The van der Waals surface area contributed by atoms with Crippen molar-refractivity contribution in [2.24, 2.45) is 0 Å². The highest BCUT2D eigenvalue weighted by molar-refractivity contribution is 7.00. The number of para-hydroxylation sites is 2. The molecule has 62 heavy (non-hydrogen) atoms. The van der Waals surface area contributed by atoms with Crippen LogP contribution in [0.3, 0.4) is 0 Å². The highest BCUT2D eigenvalue weighted by Gasteiger charge is 2.45. The zero-order valence-electron chi connectivity index (χ0n) is 37.4. The lowest BCUT2D eigenvalue weighted by atomic mass is 9.33. The third-order valence-electron chi connectivity index (χ3n) is 13.5. The minimum absolute atomic E-state index is 0.0241. The van der Waals surface area contributed by atoms with Crippen LogP contribution in [0, 0.1) is 0 Å². The van der Waals surface area contributed by atoms with Crippen molar-refractivity contribution in [3.05, 3.63) is 174 Å². The monoisotopic (exact) mass is 804 g/mol. The van der Waals surface area contributed by atoms with Gasteiger partial charge in [0.1, 0.15) is 11.2 Å². The lowest BCUT2D eigenvalue weighted by Gasteiger charge is -2.46. The summed E-state index contributed by atoms with van der Waals surface area (Å²) in [4.78, 5) is 5.14. The molecule has 0 spiro atoms. The Hall–Kier alpha value is -6.52. The number of nitrogens with zero attached hydrogens (tertiary/aromatic N) is 2. The molecule has 0 unspecified atom stereocenters. The third-order valence-corrected chi connectivity index (χ3v) is 13.5. The first-order valence-corrected chi connectivity index (χ1v) is 22.2. The minimum atomic E-state index is -0.112. The molecule has 0 amide bonds. The van der Waals surface area contributed by atoms with Crippen LogP contribution in [0.5, 0.6) is 0 Å². The fourth-order valence-electron chi connectivity index (χ4n) is 10.1.